The van der Waals surface area contributed by atoms with E-state index < -0.39 is 5.97 Å². The van der Waals surface area contributed by atoms with Crippen molar-refractivity contribution in [3.63, 3.8) is 0 Å². The summed E-state index contributed by atoms with van der Waals surface area (Å²) >= 11 is 0. The Morgan fingerprint density at radius 1 is 1.57 bits per heavy atom. The average molecular weight is 191 g/mol. The predicted molar refractivity (Wildman–Crippen MR) is 49.1 cm³/mol. The molecule has 5 heteroatoms. The fourth-order valence-corrected chi connectivity index (χ4v) is 1.34. The van der Waals surface area contributed by atoms with Crippen LogP contribution in [0.2, 0.25) is 0 Å². The highest BCUT2D eigenvalue weighted by atomic mass is 16.4. The maximum atomic E-state index is 10.5. The number of aromatic nitrogens is 3. The summed E-state index contributed by atoms with van der Waals surface area (Å²) in [7, 11) is 0. The zero-order chi connectivity index (χ0) is 10.1. The largest absolute Gasteiger partial charge is 0.481 e. The van der Waals surface area contributed by atoms with Gasteiger partial charge in [-0.05, 0) is 24.6 Å². The average Bonchev–Trinajstić information content (AvgIpc) is 2.46. The van der Waals surface area contributed by atoms with Crippen LogP contribution in [0.1, 0.15) is 11.4 Å². The number of hydrogen-bond acceptors (Lipinski definition) is 3. The van der Waals surface area contributed by atoms with E-state index in [9.17, 15) is 4.79 Å². The molecule has 0 aliphatic carbocycles. The zero-order valence-corrected chi connectivity index (χ0v) is 7.64. The quantitative estimate of drug-likeness (QED) is 0.757. The van der Waals surface area contributed by atoms with Crippen LogP contribution in [0.25, 0.3) is 5.65 Å². The number of rotatable bonds is 2. The molecule has 1 N–H and O–H groups in total. The summed E-state index contributed by atoms with van der Waals surface area (Å²) in [6.45, 7) is 1.84. The van der Waals surface area contributed by atoms with Crippen molar-refractivity contribution in [2.75, 3.05) is 0 Å². The third-order valence-electron chi connectivity index (χ3n) is 2.00. The van der Waals surface area contributed by atoms with E-state index in [2.05, 4.69) is 10.2 Å². The number of nitrogens with zero attached hydrogens (tertiary/aromatic N) is 3. The van der Waals surface area contributed by atoms with E-state index in [4.69, 9.17) is 5.11 Å². The van der Waals surface area contributed by atoms with Gasteiger partial charge < -0.3 is 5.11 Å². The van der Waals surface area contributed by atoms with E-state index in [1.54, 1.807) is 18.3 Å². The summed E-state index contributed by atoms with van der Waals surface area (Å²) in [4.78, 5) is 10.5. The Morgan fingerprint density at radius 3 is 3.07 bits per heavy atom. The van der Waals surface area contributed by atoms with Gasteiger partial charge in [0.25, 0.3) is 0 Å². The van der Waals surface area contributed by atoms with Crippen LogP contribution in [-0.4, -0.2) is 25.7 Å². The number of aryl methyl sites for hydroxylation is 1. The molecule has 0 atom stereocenters. The second-order valence-electron chi connectivity index (χ2n) is 3.08. The van der Waals surface area contributed by atoms with E-state index >= 15 is 0 Å². The van der Waals surface area contributed by atoms with Gasteiger partial charge in [0.2, 0.25) is 0 Å². The number of aliphatic carboxylic acids is 1. The molecule has 0 aromatic carbocycles. The fourth-order valence-electron chi connectivity index (χ4n) is 1.34. The van der Waals surface area contributed by atoms with Gasteiger partial charge in [0.05, 0.1) is 6.42 Å². The fraction of sp³-hybridized carbons (Fsp3) is 0.222. The van der Waals surface area contributed by atoms with Crippen LogP contribution >= 0.6 is 0 Å². The molecule has 0 amide bonds. The van der Waals surface area contributed by atoms with E-state index in [1.807, 2.05) is 11.3 Å². The molecule has 0 spiro atoms. The van der Waals surface area contributed by atoms with Crippen molar-refractivity contribution in [2.24, 2.45) is 0 Å². The Labute approximate surface area is 80.0 Å². The van der Waals surface area contributed by atoms with Crippen LogP contribution < -0.4 is 0 Å². The molecule has 0 unspecified atom stereocenters. The van der Waals surface area contributed by atoms with Crippen molar-refractivity contribution in [2.45, 2.75) is 13.3 Å². The van der Waals surface area contributed by atoms with Crippen LogP contribution in [-0.2, 0) is 11.2 Å². The van der Waals surface area contributed by atoms with E-state index in [1.165, 1.54) is 0 Å². The number of carboxylic acids is 1. The first-order valence-corrected chi connectivity index (χ1v) is 4.19. The molecule has 0 bridgehead atoms. The Morgan fingerprint density at radius 2 is 2.36 bits per heavy atom. The first kappa shape index (κ1) is 8.68. The summed E-state index contributed by atoms with van der Waals surface area (Å²) in [5, 5.41) is 16.4. The topological polar surface area (TPSA) is 67.5 Å². The molecule has 2 rings (SSSR count). The van der Waals surface area contributed by atoms with Crippen LogP contribution in [0.5, 0.6) is 0 Å². The minimum absolute atomic E-state index is 0.0163. The third kappa shape index (κ3) is 1.44. The molecular weight excluding hydrogens is 182 g/mol. The van der Waals surface area contributed by atoms with Crippen molar-refractivity contribution in [3.05, 3.63) is 29.7 Å². The molecule has 2 aromatic heterocycles. The highest BCUT2D eigenvalue weighted by molar-refractivity contribution is 5.70. The van der Waals surface area contributed by atoms with Gasteiger partial charge in [-0.25, -0.2) is 0 Å². The monoisotopic (exact) mass is 191 g/mol. The van der Waals surface area contributed by atoms with Crippen LogP contribution in [0.15, 0.2) is 18.3 Å². The minimum Gasteiger partial charge on any atom is -0.481 e. The number of fused-ring (bicyclic) bond motifs is 1. The number of hydrogen-bond donors (Lipinski definition) is 1. The number of pyridine rings is 1. The smallest absolute Gasteiger partial charge is 0.307 e. The second-order valence-corrected chi connectivity index (χ2v) is 3.08. The summed E-state index contributed by atoms with van der Waals surface area (Å²) in [5.41, 5.74) is 1.42. The molecular formula is C9H9N3O2. The molecule has 0 fully saturated rings. The molecule has 14 heavy (non-hydrogen) atoms. The van der Waals surface area contributed by atoms with E-state index in [0.29, 0.717) is 5.65 Å². The van der Waals surface area contributed by atoms with E-state index in [0.717, 1.165) is 11.4 Å². The molecule has 0 aliphatic rings. The van der Waals surface area contributed by atoms with Gasteiger partial charge in [-0.3, -0.25) is 9.20 Å². The van der Waals surface area contributed by atoms with Crippen molar-refractivity contribution in [1.82, 2.24) is 14.6 Å². The third-order valence-corrected chi connectivity index (χ3v) is 2.00. The van der Waals surface area contributed by atoms with Gasteiger partial charge in [-0.2, -0.15) is 0 Å². The summed E-state index contributed by atoms with van der Waals surface area (Å²) in [6, 6.07) is 3.49. The first-order chi connectivity index (χ1) is 6.66. The summed E-state index contributed by atoms with van der Waals surface area (Å²) < 4.78 is 1.81. The SMILES string of the molecule is Cc1nnc2cc(CC(=O)O)ccn12. The molecule has 0 saturated heterocycles. The number of carboxylic acid groups (broad SMARTS) is 1. The Bertz CT molecular complexity index is 490. The summed E-state index contributed by atoms with van der Waals surface area (Å²) in [6.07, 6.45) is 1.80. The maximum absolute atomic E-state index is 10.5. The van der Waals surface area contributed by atoms with Crippen molar-refractivity contribution >= 4 is 11.6 Å². The predicted octanol–water partition coefficient (Wildman–Crippen LogP) is 0.665. The van der Waals surface area contributed by atoms with Crippen LogP contribution in [0.4, 0.5) is 0 Å². The van der Waals surface area contributed by atoms with Crippen molar-refractivity contribution in [3.8, 4) is 0 Å². The lowest BCUT2D eigenvalue weighted by atomic mass is 10.2. The van der Waals surface area contributed by atoms with Gasteiger partial charge in [0.15, 0.2) is 5.65 Å². The van der Waals surface area contributed by atoms with Crippen molar-refractivity contribution in [1.29, 1.82) is 0 Å². The molecule has 2 heterocycles. The normalized spacial score (nSPS) is 10.6. The Hall–Kier alpha value is -1.91. The number of carbonyl (C=O) groups is 1. The maximum Gasteiger partial charge on any atom is 0.307 e. The Balaban J connectivity index is 2.46. The van der Waals surface area contributed by atoms with Crippen LogP contribution in [0, 0.1) is 6.92 Å². The molecule has 0 radical (unpaired) electrons. The zero-order valence-electron chi connectivity index (χ0n) is 7.64. The highest BCUT2D eigenvalue weighted by Crippen LogP contribution is 2.07. The van der Waals surface area contributed by atoms with Gasteiger partial charge in [0.1, 0.15) is 5.82 Å². The Kier molecular flexibility index (Phi) is 1.92. The molecule has 0 aliphatic heterocycles. The van der Waals surface area contributed by atoms with Crippen LogP contribution in [0.3, 0.4) is 0 Å². The molecule has 2 aromatic rings. The van der Waals surface area contributed by atoms with Gasteiger partial charge in [-0.1, -0.05) is 0 Å². The van der Waals surface area contributed by atoms with Gasteiger partial charge in [-0.15, -0.1) is 10.2 Å². The van der Waals surface area contributed by atoms with Gasteiger partial charge >= 0.3 is 5.97 Å². The molecule has 72 valence electrons. The molecule has 0 saturated carbocycles. The minimum atomic E-state index is -0.842. The summed E-state index contributed by atoms with van der Waals surface area (Å²) in [5.74, 6) is -0.0486. The standard InChI is InChI=1S/C9H9N3O2/c1-6-10-11-8-4-7(5-9(13)14)2-3-12(6)8/h2-4H,5H2,1H3,(H,13,14). The van der Waals surface area contributed by atoms with Crippen molar-refractivity contribution < 1.29 is 9.90 Å². The highest BCUT2D eigenvalue weighted by Gasteiger charge is 2.04. The second kappa shape index (κ2) is 3.10. The lowest BCUT2D eigenvalue weighted by Crippen LogP contribution is -2.00. The first-order valence-electron chi connectivity index (χ1n) is 4.19. The van der Waals surface area contributed by atoms with E-state index in [-0.39, 0.29) is 6.42 Å². The molecule has 5 nitrogen and oxygen atoms in total. The van der Waals surface area contributed by atoms with Gasteiger partial charge in [0, 0.05) is 6.20 Å². The lowest BCUT2D eigenvalue weighted by Gasteiger charge is -1.98. The lowest BCUT2D eigenvalue weighted by molar-refractivity contribution is -0.136.